The minimum absolute atomic E-state index is 0.463. The van der Waals surface area contributed by atoms with Crippen molar-refractivity contribution in [3.05, 3.63) is 28.8 Å². The minimum atomic E-state index is 0.463. The molecular weight excluding hydrogens is 255 g/mol. The number of hydrogen-bond acceptors (Lipinski definition) is 2. The summed E-state index contributed by atoms with van der Waals surface area (Å²) in [6.45, 7) is 0.556. The van der Waals surface area contributed by atoms with Gasteiger partial charge in [0.15, 0.2) is 0 Å². The largest absolute Gasteiger partial charge is 0.491 e. The number of ether oxygens (including phenoxy) is 1. The van der Waals surface area contributed by atoms with E-state index in [1.165, 1.54) is 0 Å². The van der Waals surface area contributed by atoms with Gasteiger partial charge in [-0.2, -0.15) is 0 Å². The number of aldehydes is 1. The first kappa shape index (κ1) is 10.5. The molecule has 0 bridgehead atoms. The average molecular weight is 264 g/mol. The molecule has 0 amide bonds. The van der Waals surface area contributed by atoms with E-state index < -0.39 is 0 Å². The van der Waals surface area contributed by atoms with Gasteiger partial charge < -0.3 is 4.74 Å². The highest BCUT2D eigenvalue weighted by Crippen LogP contribution is 2.24. The summed E-state index contributed by atoms with van der Waals surface area (Å²) in [5.74, 6) is 0.603. The molecule has 0 aliphatic rings. The standard InChI is InChI=1S/C9H8BrClO2/c10-3-4-13-9-2-1-7(6-12)5-8(9)11/h1-2,5-6H,3-4H2. The maximum atomic E-state index is 10.4. The van der Waals surface area contributed by atoms with Crippen LogP contribution in [0.25, 0.3) is 0 Å². The molecule has 0 heterocycles. The summed E-state index contributed by atoms with van der Waals surface area (Å²) >= 11 is 9.08. The Labute approximate surface area is 90.0 Å². The molecule has 0 radical (unpaired) electrons. The highest BCUT2D eigenvalue weighted by Gasteiger charge is 2.01. The normalized spacial score (nSPS) is 9.69. The zero-order valence-electron chi connectivity index (χ0n) is 6.80. The van der Waals surface area contributed by atoms with E-state index in [1.807, 2.05) is 0 Å². The van der Waals surface area contributed by atoms with E-state index in [9.17, 15) is 4.79 Å². The molecule has 0 unspecified atom stereocenters. The molecule has 0 fully saturated rings. The number of hydrogen-bond donors (Lipinski definition) is 0. The number of alkyl halides is 1. The molecule has 1 aromatic rings. The van der Waals surface area contributed by atoms with Gasteiger partial charge in [0.1, 0.15) is 12.0 Å². The molecule has 0 aliphatic carbocycles. The molecular formula is C9H8BrClO2. The van der Waals surface area contributed by atoms with E-state index in [4.69, 9.17) is 16.3 Å². The average Bonchev–Trinajstić information content (AvgIpc) is 2.16. The predicted molar refractivity (Wildman–Crippen MR) is 56.1 cm³/mol. The topological polar surface area (TPSA) is 26.3 Å². The van der Waals surface area contributed by atoms with Gasteiger partial charge in [0.05, 0.1) is 11.6 Å². The van der Waals surface area contributed by atoms with Crippen LogP contribution in [0.5, 0.6) is 5.75 Å². The lowest BCUT2D eigenvalue weighted by Gasteiger charge is -2.05. The molecule has 13 heavy (non-hydrogen) atoms. The fraction of sp³-hybridized carbons (Fsp3) is 0.222. The van der Waals surface area contributed by atoms with Crippen molar-refractivity contribution in [2.24, 2.45) is 0 Å². The Morgan fingerprint density at radius 1 is 1.54 bits per heavy atom. The molecule has 0 N–H and O–H groups in total. The first-order chi connectivity index (χ1) is 6.27. The molecule has 0 spiro atoms. The van der Waals surface area contributed by atoms with Crippen LogP contribution in [0.15, 0.2) is 18.2 Å². The Balaban J connectivity index is 2.79. The Bertz CT molecular complexity index is 302. The molecule has 1 rings (SSSR count). The van der Waals surface area contributed by atoms with Crippen LogP contribution in [0.1, 0.15) is 10.4 Å². The van der Waals surface area contributed by atoms with Crippen LogP contribution in [0.3, 0.4) is 0 Å². The summed E-state index contributed by atoms with van der Waals surface area (Å²) in [5.41, 5.74) is 0.552. The van der Waals surface area contributed by atoms with Gasteiger partial charge in [0.2, 0.25) is 0 Å². The fourth-order valence-electron chi connectivity index (χ4n) is 0.856. The van der Waals surface area contributed by atoms with Crippen molar-refractivity contribution in [3.8, 4) is 5.75 Å². The zero-order chi connectivity index (χ0) is 9.68. The third-order valence-electron chi connectivity index (χ3n) is 1.43. The van der Waals surface area contributed by atoms with E-state index in [0.29, 0.717) is 22.9 Å². The van der Waals surface area contributed by atoms with Crippen molar-refractivity contribution >= 4 is 33.8 Å². The predicted octanol–water partition coefficient (Wildman–Crippen LogP) is 2.93. The number of carbonyl (C=O) groups excluding carboxylic acids is 1. The van der Waals surface area contributed by atoms with Gasteiger partial charge in [-0.25, -0.2) is 0 Å². The Morgan fingerprint density at radius 3 is 2.85 bits per heavy atom. The first-order valence-electron chi connectivity index (χ1n) is 3.71. The van der Waals surface area contributed by atoms with E-state index in [-0.39, 0.29) is 0 Å². The SMILES string of the molecule is O=Cc1ccc(OCCBr)c(Cl)c1. The molecule has 0 saturated heterocycles. The van der Waals surface area contributed by atoms with E-state index in [0.717, 1.165) is 11.6 Å². The maximum Gasteiger partial charge on any atom is 0.150 e. The van der Waals surface area contributed by atoms with Gasteiger partial charge in [-0.3, -0.25) is 4.79 Å². The van der Waals surface area contributed by atoms with Gasteiger partial charge in [-0.05, 0) is 18.2 Å². The van der Waals surface area contributed by atoms with Crippen molar-refractivity contribution in [1.82, 2.24) is 0 Å². The highest BCUT2D eigenvalue weighted by molar-refractivity contribution is 9.09. The van der Waals surface area contributed by atoms with Crippen LogP contribution >= 0.6 is 27.5 Å². The highest BCUT2D eigenvalue weighted by atomic mass is 79.9. The van der Waals surface area contributed by atoms with E-state index in [2.05, 4.69) is 15.9 Å². The number of benzene rings is 1. The Hall–Kier alpha value is -0.540. The van der Waals surface area contributed by atoms with Gasteiger partial charge in [-0.15, -0.1) is 0 Å². The quantitative estimate of drug-likeness (QED) is 0.617. The monoisotopic (exact) mass is 262 g/mol. The van der Waals surface area contributed by atoms with Crippen LogP contribution in [0.2, 0.25) is 5.02 Å². The van der Waals surface area contributed by atoms with Crippen molar-refractivity contribution < 1.29 is 9.53 Å². The van der Waals surface area contributed by atoms with Gasteiger partial charge in [0.25, 0.3) is 0 Å². The molecule has 1 aromatic carbocycles. The van der Waals surface area contributed by atoms with E-state index >= 15 is 0 Å². The lowest BCUT2D eigenvalue weighted by molar-refractivity contribution is 0.112. The van der Waals surface area contributed by atoms with Crippen molar-refractivity contribution in [2.45, 2.75) is 0 Å². The van der Waals surface area contributed by atoms with Gasteiger partial charge in [-0.1, -0.05) is 27.5 Å². The van der Waals surface area contributed by atoms with E-state index in [1.54, 1.807) is 18.2 Å². The molecule has 0 aliphatic heterocycles. The summed E-state index contributed by atoms with van der Waals surface area (Å²) < 4.78 is 5.29. The van der Waals surface area contributed by atoms with Crippen LogP contribution in [0, 0.1) is 0 Å². The third-order valence-corrected chi connectivity index (χ3v) is 2.05. The van der Waals surface area contributed by atoms with Crippen molar-refractivity contribution in [1.29, 1.82) is 0 Å². The van der Waals surface area contributed by atoms with Gasteiger partial charge in [0, 0.05) is 10.9 Å². The lowest BCUT2D eigenvalue weighted by atomic mass is 10.2. The first-order valence-corrected chi connectivity index (χ1v) is 5.21. The summed E-state index contributed by atoms with van der Waals surface area (Å²) in [5, 5.41) is 1.21. The second kappa shape index (κ2) is 5.25. The smallest absolute Gasteiger partial charge is 0.150 e. The Kier molecular flexibility index (Phi) is 4.25. The zero-order valence-corrected chi connectivity index (χ0v) is 9.14. The van der Waals surface area contributed by atoms with Crippen LogP contribution in [0.4, 0.5) is 0 Å². The fourth-order valence-corrected chi connectivity index (χ4v) is 1.26. The van der Waals surface area contributed by atoms with Crippen LogP contribution < -0.4 is 4.74 Å². The summed E-state index contributed by atoms with van der Waals surface area (Å²) in [4.78, 5) is 10.4. The molecule has 70 valence electrons. The number of rotatable bonds is 4. The second-order valence-corrected chi connectivity index (χ2v) is 3.55. The van der Waals surface area contributed by atoms with Crippen LogP contribution in [-0.2, 0) is 0 Å². The molecule has 4 heteroatoms. The van der Waals surface area contributed by atoms with Crippen LogP contribution in [-0.4, -0.2) is 18.2 Å². The third kappa shape index (κ3) is 3.01. The summed E-state index contributed by atoms with van der Waals surface area (Å²) in [6, 6.07) is 4.94. The molecule has 0 aromatic heterocycles. The molecule has 0 saturated carbocycles. The summed E-state index contributed by atoms with van der Waals surface area (Å²) in [7, 11) is 0. The number of carbonyl (C=O) groups is 1. The Morgan fingerprint density at radius 2 is 2.31 bits per heavy atom. The van der Waals surface area contributed by atoms with Gasteiger partial charge >= 0.3 is 0 Å². The molecule has 2 nitrogen and oxygen atoms in total. The minimum Gasteiger partial charge on any atom is -0.491 e. The maximum absolute atomic E-state index is 10.4. The van der Waals surface area contributed by atoms with Crippen molar-refractivity contribution in [3.63, 3.8) is 0 Å². The number of halogens is 2. The summed E-state index contributed by atoms with van der Waals surface area (Å²) in [6.07, 6.45) is 0.750. The van der Waals surface area contributed by atoms with Crippen molar-refractivity contribution in [2.75, 3.05) is 11.9 Å². The second-order valence-electron chi connectivity index (χ2n) is 2.35. The lowest BCUT2D eigenvalue weighted by Crippen LogP contribution is -1.98. The molecule has 0 atom stereocenters.